The molecule has 0 amide bonds. The lowest BCUT2D eigenvalue weighted by Crippen LogP contribution is -2.34. The molecule has 6 nitrogen and oxygen atoms in total. The van der Waals surface area contributed by atoms with Crippen molar-refractivity contribution >= 4 is 0 Å². The predicted octanol–water partition coefficient (Wildman–Crippen LogP) is 4.00. The average Bonchev–Trinajstić information content (AvgIpc) is 3.40. The smallest absolute Gasteiger partial charge is 0.157 e. The van der Waals surface area contributed by atoms with Crippen LogP contribution in [0.1, 0.15) is 49.7 Å². The van der Waals surface area contributed by atoms with Crippen molar-refractivity contribution < 1.29 is 20.4 Å². The number of unbranched alkanes of at least 4 members (excludes halogenated alkanes) is 1. The zero-order valence-corrected chi connectivity index (χ0v) is 18.8. The van der Waals surface area contributed by atoms with Gasteiger partial charge in [0.1, 0.15) is 0 Å². The van der Waals surface area contributed by atoms with Crippen molar-refractivity contribution in [2.45, 2.75) is 63.5 Å². The lowest BCUT2D eigenvalue weighted by Gasteiger charge is -2.27. The van der Waals surface area contributed by atoms with Gasteiger partial charge in [-0.05, 0) is 113 Å². The molecule has 0 unspecified atom stereocenters. The molecule has 2 aliphatic heterocycles. The highest BCUT2D eigenvalue weighted by molar-refractivity contribution is 5.41. The Balaban J connectivity index is 1.21. The minimum atomic E-state index is -0.0561. The maximum Gasteiger partial charge on any atom is 0.157 e. The van der Waals surface area contributed by atoms with E-state index in [0.29, 0.717) is 12.1 Å². The topological polar surface area (TPSA) is 87.4 Å². The summed E-state index contributed by atoms with van der Waals surface area (Å²) in [6, 6.07) is 11.4. The van der Waals surface area contributed by atoms with Crippen molar-refractivity contribution in [3.63, 3.8) is 0 Å². The van der Waals surface area contributed by atoms with Gasteiger partial charge in [0, 0.05) is 12.1 Å². The number of hydrogen-bond acceptors (Lipinski definition) is 6. The summed E-state index contributed by atoms with van der Waals surface area (Å²) in [5.74, 6) is -0.177. The van der Waals surface area contributed by atoms with Gasteiger partial charge in [-0.25, -0.2) is 0 Å². The first kappa shape index (κ1) is 22.7. The molecule has 2 fully saturated rings. The summed E-state index contributed by atoms with van der Waals surface area (Å²) in [5.41, 5.74) is 2.16. The predicted molar refractivity (Wildman–Crippen MR) is 125 cm³/mol. The van der Waals surface area contributed by atoms with Crippen molar-refractivity contribution in [1.82, 2.24) is 9.80 Å². The molecule has 0 spiro atoms. The Labute approximate surface area is 190 Å². The average molecular weight is 441 g/mol. The Kier molecular flexibility index (Phi) is 7.43. The molecule has 4 N–H and O–H groups in total. The van der Waals surface area contributed by atoms with E-state index in [1.165, 1.54) is 38.5 Å². The van der Waals surface area contributed by atoms with E-state index in [1.807, 2.05) is 12.1 Å². The van der Waals surface area contributed by atoms with Gasteiger partial charge in [0.15, 0.2) is 23.0 Å². The number of phenols is 4. The summed E-state index contributed by atoms with van der Waals surface area (Å²) in [6.45, 7) is 4.51. The van der Waals surface area contributed by atoms with Crippen molar-refractivity contribution in [2.75, 3.05) is 26.2 Å². The van der Waals surface area contributed by atoms with Gasteiger partial charge in [0.2, 0.25) is 0 Å². The number of rotatable bonds is 9. The van der Waals surface area contributed by atoms with Crippen molar-refractivity contribution in [3.8, 4) is 23.0 Å². The lowest BCUT2D eigenvalue weighted by molar-refractivity contribution is 0.221. The molecule has 4 rings (SSSR count). The van der Waals surface area contributed by atoms with Gasteiger partial charge in [0.25, 0.3) is 0 Å². The standard InChI is InChI=1S/C26H36N2O4/c29-23-9-7-19(17-25(23)31)15-21-5-3-13-27(21)11-1-2-12-28-14-4-6-22(28)16-20-8-10-24(30)26(32)18-20/h7-10,17-18,21-22,29-32H,1-6,11-16H2/t21-,22-/m0/s1. The van der Waals surface area contributed by atoms with Crippen LogP contribution in [0.25, 0.3) is 0 Å². The van der Waals surface area contributed by atoms with Crippen LogP contribution in [0, 0.1) is 0 Å². The van der Waals surface area contributed by atoms with Gasteiger partial charge in [-0.15, -0.1) is 0 Å². The van der Waals surface area contributed by atoms with Crippen LogP contribution in [-0.4, -0.2) is 68.5 Å². The first-order valence-corrected chi connectivity index (χ1v) is 12.0. The number of hydrogen-bond donors (Lipinski definition) is 4. The van der Waals surface area contributed by atoms with Crippen LogP contribution < -0.4 is 0 Å². The van der Waals surface area contributed by atoms with Gasteiger partial charge in [-0.3, -0.25) is 0 Å². The van der Waals surface area contributed by atoms with Crippen LogP contribution in [0.15, 0.2) is 36.4 Å². The number of phenolic OH excluding ortho intramolecular Hbond substituents is 4. The molecule has 0 aliphatic carbocycles. The summed E-state index contributed by atoms with van der Waals surface area (Å²) in [7, 11) is 0. The molecule has 0 radical (unpaired) electrons. The van der Waals surface area contributed by atoms with E-state index >= 15 is 0 Å². The maximum atomic E-state index is 9.77. The second-order valence-electron chi connectivity index (χ2n) is 9.43. The van der Waals surface area contributed by atoms with Crippen LogP contribution in [-0.2, 0) is 12.8 Å². The SMILES string of the molecule is Oc1ccc(C[C@@H]2CCCN2CCCCN2CCC[C@H]2Cc2ccc(O)c(O)c2)cc1O. The molecular weight excluding hydrogens is 404 g/mol. The molecular formula is C26H36N2O4. The van der Waals surface area contributed by atoms with Gasteiger partial charge < -0.3 is 30.2 Å². The highest BCUT2D eigenvalue weighted by Crippen LogP contribution is 2.29. The molecule has 2 aromatic rings. The number of nitrogens with zero attached hydrogens (tertiary/aromatic N) is 2. The molecule has 0 aromatic heterocycles. The highest BCUT2D eigenvalue weighted by atomic mass is 16.3. The minimum Gasteiger partial charge on any atom is -0.504 e. The fourth-order valence-corrected chi connectivity index (χ4v) is 5.41. The summed E-state index contributed by atoms with van der Waals surface area (Å²) in [4.78, 5) is 5.18. The fourth-order valence-electron chi connectivity index (χ4n) is 5.41. The van der Waals surface area contributed by atoms with Crippen LogP contribution in [0.2, 0.25) is 0 Å². The molecule has 0 saturated carbocycles. The first-order valence-electron chi connectivity index (χ1n) is 12.0. The molecule has 32 heavy (non-hydrogen) atoms. The van der Waals surface area contributed by atoms with Crippen LogP contribution in [0.4, 0.5) is 0 Å². The van der Waals surface area contributed by atoms with E-state index in [9.17, 15) is 20.4 Å². The minimum absolute atomic E-state index is 0.0327. The van der Waals surface area contributed by atoms with Gasteiger partial charge in [-0.1, -0.05) is 12.1 Å². The Bertz CT molecular complexity index is 830. The van der Waals surface area contributed by atoms with E-state index in [4.69, 9.17) is 0 Å². The first-order chi connectivity index (χ1) is 15.5. The van der Waals surface area contributed by atoms with E-state index in [2.05, 4.69) is 9.80 Å². The van der Waals surface area contributed by atoms with Crippen LogP contribution in [0.5, 0.6) is 23.0 Å². The lowest BCUT2D eigenvalue weighted by atomic mass is 10.0. The van der Waals surface area contributed by atoms with Crippen molar-refractivity contribution in [3.05, 3.63) is 47.5 Å². The molecule has 2 aliphatic rings. The number of benzene rings is 2. The Morgan fingerprint density at radius 1 is 0.625 bits per heavy atom. The van der Waals surface area contributed by atoms with E-state index < -0.39 is 0 Å². The largest absolute Gasteiger partial charge is 0.504 e. The maximum absolute atomic E-state index is 9.77. The van der Waals surface area contributed by atoms with Crippen LogP contribution in [0.3, 0.4) is 0 Å². The Morgan fingerprint density at radius 2 is 1.06 bits per heavy atom. The third-order valence-corrected chi connectivity index (χ3v) is 7.16. The molecule has 174 valence electrons. The monoisotopic (exact) mass is 440 g/mol. The summed E-state index contributed by atoms with van der Waals surface area (Å²) in [6.07, 6.45) is 9.03. The number of likely N-dealkylation sites (tertiary alicyclic amines) is 2. The summed E-state index contributed by atoms with van der Waals surface area (Å²) in [5, 5.41) is 38.6. The van der Waals surface area contributed by atoms with Gasteiger partial charge in [-0.2, -0.15) is 0 Å². The zero-order valence-electron chi connectivity index (χ0n) is 18.8. The molecule has 0 bridgehead atoms. The van der Waals surface area contributed by atoms with E-state index in [1.54, 1.807) is 24.3 Å². The van der Waals surface area contributed by atoms with E-state index in [0.717, 1.165) is 50.1 Å². The molecule has 2 saturated heterocycles. The second-order valence-corrected chi connectivity index (χ2v) is 9.43. The summed E-state index contributed by atoms with van der Waals surface area (Å²) >= 11 is 0. The number of aromatic hydroxyl groups is 4. The molecule has 6 heteroatoms. The third-order valence-electron chi connectivity index (χ3n) is 7.16. The van der Waals surface area contributed by atoms with Gasteiger partial charge >= 0.3 is 0 Å². The molecule has 2 atom stereocenters. The van der Waals surface area contributed by atoms with Crippen LogP contribution >= 0.6 is 0 Å². The zero-order chi connectivity index (χ0) is 22.5. The van der Waals surface area contributed by atoms with Gasteiger partial charge in [0.05, 0.1) is 0 Å². The van der Waals surface area contributed by atoms with E-state index in [-0.39, 0.29) is 23.0 Å². The third kappa shape index (κ3) is 5.67. The fraction of sp³-hybridized carbons (Fsp3) is 0.538. The van der Waals surface area contributed by atoms with Crippen molar-refractivity contribution in [2.24, 2.45) is 0 Å². The normalized spacial score (nSPS) is 22.0. The molecule has 2 heterocycles. The Hall–Kier alpha value is -2.44. The quantitative estimate of drug-likeness (QED) is 0.348. The summed E-state index contributed by atoms with van der Waals surface area (Å²) < 4.78 is 0. The highest BCUT2D eigenvalue weighted by Gasteiger charge is 2.26. The molecule has 2 aromatic carbocycles. The van der Waals surface area contributed by atoms with Crippen molar-refractivity contribution in [1.29, 1.82) is 0 Å². The Morgan fingerprint density at radius 3 is 1.47 bits per heavy atom. The second kappa shape index (κ2) is 10.5.